The molecule has 0 fully saturated rings. The lowest BCUT2D eigenvalue weighted by atomic mass is 10.2. The summed E-state index contributed by atoms with van der Waals surface area (Å²) in [7, 11) is 0. The molecule has 0 radical (unpaired) electrons. The maximum absolute atomic E-state index is 13.0. The summed E-state index contributed by atoms with van der Waals surface area (Å²) in [5.41, 5.74) is 2.64. The first-order valence-corrected chi connectivity index (χ1v) is 9.54. The van der Waals surface area contributed by atoms with Crippen molar-refractivity contribution in [3.63, 3.8) is 0 Å². The van der Waals surface area contributed by atoms with E-state index in [0.717, 1.165) is 21.9 Å². The molecule has 4 aromatic rings. The Morgan fingerprint density at radius 3 is 2.48 bits per heavy atom. The highest BCUT2D eigenvalue weighted by Crippen LogP contribution is 2.24. The monoisotopic (exact) mass is 380 g/mol. The van der Waals surface area contributed by atoms with Gasteiger partial charge in [0.1, 0.15) is 16.6 Å². The Bertz CT molecular complexity index is 1050. The number of ether oxygens (including phenoxy) is 1. The minimum atomic E-state index is -0.229. The van der Waals surface area contributed by atoms with Crippen molar-refractivity contribution in [2.24, 2.45) is 0 Å². The van der Waals surface area contributed by atoms with E-state index in [-0.39, 0.29) is 5.82 Å². The zero-order valence-electron chi connectivity index (χ0n) is 14.7. The van der Waals surface area contributed by atoms with Crippen LogP contribution in [-0.2, 0) is 5.75 Å². The predicted octanol–water partition coefficient (Wildman–Crippen LogP) is 4.62. The molecule has 0 saturated heterocycles. The summed E-state index contributed by atoms with van der Waals surface area (Å²) in [6.07, 6.45) is 0. The second kappa shape index (κ2) is 7.75. The lowest BCUT2D eigenvalue weighted by molar-refractivity contribution is 0.340. The van der Waals surface area contributed by atoms with Crippen LogP contribution in [0.25, 0.3) is 17.0 Å². The van der Waals surface area contributed by atoms with Gasteiger partial charge in [0.2, 0.25) is 0 Å². The summed E-state index contributed by atoms with van der Waals surface area (Å²) in [5.74, 6) is 1.97. The highest BCUT2D eigenvalue weighted by Gasteiger charge is 2.10. The molecular weight excluding hydrogens is 363 g/mol. The summed E-state index contributed by atoms with van der Waals surface area (Å²) in [6, 6.07) is 18.0. The zero-order chi connectivity index (χ0) is 18.6. The Morgan fingerprint density at radius 1 is 0.963 bits per heavy atom. The number of hydrogen-bond donors (Lipinski definition) is 0. The van der Waals surface area contributed by atoms with E-state index >= 15 is 0 Å². The summed E-state index contributed by atoms with van der Waals surface area (Å²) in [5, 5.41) is 14.0. The SMILES string of the molecule is CCOc1ccc(-c2nnc3ccc(SCc4ccc(F)cc4)nn23)cc1. The molecule has 0 aliphatic carbocycles. The molecule has 0 aliphatic rings. The third-order valence-corrected chi connectivity index (χ3v) is 4.95. The first-order valence-electron chi connectivity index (χ1n) is 8.56. The van der Waals surface area contributed by atoms with E-state index in [2.05, 4.69) is 15.3 Å². The summed E-state index contributed by atoms with van der Waals surface area (Å²) in [4.78, 5) is 0. The van der Waals surface area contributed by atoms with E-state index in [1.807, 2.05) is 43.3 Å². The van der Waals surface area contributed by atoms with Gasteiger partial charge in [-0.05, 0) is 61.0 Å². The van der Waals surface area contributed by atoms with Crippen LogP contribution >= 0.6 is 11.8 Å². The summed E-state index contributed by atoms with van der Waals surface area (Å²) < 4.78 is 20.2. The van der Waals surface area contributed by atoms with Gasteiger partial charge in [-0.3, -0.25) is 0 Å². The molecule has 0 atom stereocenters. The molecular formula is C20H17FN4OS. The van der Waals surface area contributed by atoms with Gasteiger partial charge in [0.05, 0.1) is 6.61 Å². The Hall–Kier alpha value is -2.93. The number of halogens is 1. The summed E-state index contributed by atoms with van der Waals surface area (Å²) in [6.45, 7) is 2.58. The molecule has 0 aliphatic heterocycles. The topological polar surface area (TPSA) is 52.3 Å². The van der Waals surface area contributed by atoms with Gasteiger partial charge in [-0.25, -0.2) is 4.39 Å². The van der Waals surface area contributed by atoms with E-state index in [1.165, 1.54) is 12.1 Å². The lowest BCUT2D eigenvalue weighted by Gasteiger charge is -2.05. The fourth-order valence-corrected chi connectivity index (χ4v) is 3.44. The molecule has 0 bridgehead atoms. The maximum Gasteiger partial charge on any atom is 0.185 e. The average molecular weight is 380 g/mol. The number of aromatic nitrogens is 4. The van der Waals surface area contributed by atoms with Crippen molar-refractivity contribution in [2.75, 3.05) is 6.61 Å². The molecule has 5 nitrogen and oxygen atoms in total. The first kappa shape index (κ1) is 17.5. The molecule has 136 valence electrons. The molecule has 0 N–H and O–H groups in total. The maximum atomic E-state index is 13.0. The third-order valence-electron chi connectivity index (χ3n) is 3.96. The zero-order valence-corrected chi connectivity index (χ0v) is 15.5. The quantitative estimate of drug-likeness (QED) is 0.457. The van der Waals surface area contributed by atoms with Crippen molar-refractivity contribution in [3.8, 4) is 17.1 Å². The van der Waals surface area contributed by atoms with E-state index in [4.69, 9.17) is 4.74 Å². The van der Waals surface area contributed by atoms with Gasteiger partial charge >= 0.3 is 0 Å². The molecule has 7 heteroatoms. The molecule has 27 heavy (non-hydrogen) atoms. The minimum absolute atomic E-state index is 0.229. The number of benzene rings is 2. The molecule has 0 amide bonds. The van der Waals surface area contributed by atoms with Gasteiger partial charge in [-0.2, -0.15) is 9.61 Å². The smallest absolute Gasteiger partial charge is 0.185 e. The van der Waals surface area contributed by atoms with Gasteiger partial charge in [0.15, 0.2) is 11.5 Å². The second-order valence-electron chi connectivity index (χ2n) is 5.84. The van der Waals surface area contributed by atoms with E-state index in [0.29, 0.717) is 23.8 Å². The third kappa shape index (κ3) is 3.93. The number of rotatable bonds is 6. The number of hydrogen-bond acceptors (Lipinski definition) is 5. The van der Waals surface area contributed by atoms with Gasteiger partial charge in [-0.15, -0.1) is 10.2 Å². The minimum Gasteiger partial charge on any atom is -0.494 e. The first-order chi connectivity index (χ1) is 13.2. The van der Waals surface area contributed by atoms with Gasteiger partial charge in [-0.1, -0.05) is 23.9 Å². The highest BCUT2D eigenvalue weighted by atomic mass is 32.2. The van der Waals surface area contributed by atoms with Gasteiger partial charge in [0.25, 0.3) is 0 Å². The predicted molar refractivity (Wildman–Crippen MR) is 103 cm³/mol. The molecule has 0 saturated carbocycles. The van der Waals surface area contributed by atoms with E-state index in [9.17, 15) is 4.39 Å². The Labute approximate surface area is 160 Å². The Morgan fingerprint density at radius 2 is 1.74 bits per heavy atom. The van der Waals surface area contributed by atoms with Crippen LogP contribution in [0.2, 0.25) is 0 Å². The largest absolute Gasteiger partial charge is 0.494 e. The van der Waals surface area contributed by atoms with Crippen LogP contribution in [0.1, 0.15) is 12.5 Å². The lowest BCUT2D eigenvalue weighted by Crippen LogP contribution is -1.97. The van der Waals surface area contributed by atoms with Crippen molar-refractivity contribution >= 4 is 17.4 Å². The van der Waals surface area contributed by atoms with Crippen LogP contribution in [0, 0.1) is 5.82 Å². The normalized spacial score (nSPS) is 11.0. The van der Waals surface area contributed by atoms with Crippen LogP contribution in [-0.4, -0.2) is 26.4 Å². The molecule has 0 spiro atoms. The van der Waals surface area contributed by atoms with Crippen molar-refractivity contribution in [2.45, 2.75) is 17.7 Å². The van der Waals surface area contributed by atoms with E-state index < -0.39 is 0 Å². The summed E-state index contributed by atoms with van der Waals surface area (Å²) >= 11 is 1.58. The van der Waals surface area contributed by atoms with Crippen LogP contribution in [0.4, 0.5) is 4.39 Å². The van der Waals surface area contributed by atoms with Crippen LogP contribution < -0.4 is 4.74 Å². The average Bonchev–Trinajstić information content (AvgIpc) is 3.12. The molecule has 2 heterocycles. The van der Waals surface area contributed by atoms with Crippen molar-refractivity contribution < 1.29 is 9.13 Å². The Balaban J connectivity index is 1.58. The van der Waals surface area contributed by atoms with Gasteiger partial charge in [0, 0.05) is 11.3 Å². The van der Waals surface area contributed by atoms with Gasteiger partial charge < -0.3 is 4.74 Å². The highest BCUT2D eigenvalue weighted by molar-refractivity contribution is 7.98. The Kier molecular flexibility index (Phi) is 5.02. The number of nitrogens with zero attached hydrogens (tertiary/aromatic N) is 4. The standard InChI is InChI=1S/C20H17FN4OS/c1-2-26-17-9-5-15(6-10-17)20-23-22-18-11-12-19(24-25(18)20)27-13-14-3-7-16(21)8-4-14/h3-12H,2,13H2,1H3. The van der Waals surface area contributed by atoms with Crippen molar-refractivity contribution in [3.05, 3.63) is 72.0 Å². The fraction of sp³-hybridized carbons (Fsp3) is 0.150. The molecule has 0 unspecified atom stereocenters. The van der Waals surface area contributed by atoms with Crippen molar-refractivity contribution in [1.29, 1.82) is 0 Å². The molecule has 2 aromatic carbocycles. The second-order valence-corrected chi connectivity index (χ2v) is 6.83. The number of thioether (sulfide) groups is 1. The van der Waals surface area contributed by atoms with Crippen molar-refractivity contribution in [1.82, 2.24) is 19.8 Å². The molecule has 2 aromatic heterocycles. The van der Waals surface area contributed by atoms with Crippen LogP contribution in [0.5, 0.6) is 5.75 Å². The van der Waals surface area contributed by atoms with Crippen LogP contribution in [0.15, 0.2) is 65.7 Å². The van der Waals surface area contributed by atoms with Crippen LogP contribution in [0.3, 0.4) is 0 Å². The molecule has 4 rings (SSSR count). The number of fused-ring (bicyclic) bond motifs is 1. The fourth-order valence-electron chi connectivity index (χ4n) is 2.63. The van der Waals surface area contributed by atoms with E-state index in [1.54, 1.807) is 28.4 Å².